The minimum absolute atomic E-state index is 0.0464. The Morgan fingerprint density at radius 3 is 2.44 bits per heavy atom. The molecule has 1 aromatic carbocycles. The Morgan fingerprint density at radius 2 is 1.80 bits per heavy atom. The van der Waals surface area contributed by atoms with E-state index >= 15 is 0 Å². The summed E-state index contributed by atoms with van der Waals surface area (Å²) in [6.07, 6.45) is 4.28. The van der Waals surface area contributed by atoms with E-state index in [2.05, 4.69) is 0 Å². The molecular formula is C17H20BNO6. The fourth-order valence-corrected chi connectivity index (χ4v) is 2.19. The molecular weight excluding hydrogens is 325 g/mol. The van der Waals surface area contributed by atoms with Crippen LogP contribution in [0.5, 0.6) is 0 Å². The van der Waals surface area contributed by atoms with Crippen LogP contribution in [0.3, 0.4) is 0 Å². The summed E-state index contributed by atoms with van der Waals surface area (Å²) >= 11 is 0. The van der Waals surface area contributed by atoms with E-state index in [1.807, 2.05) is 6.07 Å². The Labute approximate surface area is 146 Å². The van der Waals surface area contributed by atoms with Crippen LogP contribution in [-0.4, -0.2) is 56.7 Å². The first kappa shape index (κ1) is 18.7. The molecule has 0 aliphatic carbocycles. The van der Waals surface area contributed by atoms with Gasteiger partial charge < -0.3 is 14.0 Å². The van der Waals surface area contributed by atoms with Gasteiger partial charge >= 0.3 is 25.0 Å². The third-order valence-corrected chi connectivity index (χ3v) is 3.35. The zero-order chi connectivity index (χ0) is 18.1. The molecule has 0 amide bonds. The fraction of sp³-hybridized carbons (Fsp3) is 0.353. The normalized spacial score (nSPS) is 16.1. The van der Waals surface area contributed by atoms with Gasteiger partial charge in [-0.25, -0.2) is 4.79 Å². The van der Waals surface area contributed by atoms with Crippen LogP contribution in [0, 0.1) is 0 Å². The van der Waals surface area contributed by atoms with Gasteiger partial charge in [-0.05, 0) is 25.6 Å². The first-order valence-electron chi connectivity index (χ1n) is 7.99. The number of carbonyl (C=O) groups excluding carboxylic acids is 3. The van der Waals surface area contributed by atoms with Crippen molar-refractivity contribution in [2.45, 2.75) is 12.7 Å². The molecule has 0 radical (unpaired) electrons. The number of ether oxygens (including phenoxy) is 1. The zero-order valence-electron chi connectivity index (χ0n) is 14.1. The second-order valence-corrected chi connectivity index (χ2v) is 5.58. The van der Waals surface area contributed by atoms with Gasteiger partial charge in [0.25, 0.3) is 0 Å². The highest BCUT2D eigenvalue weighted by atomic mass is 16.6. The van der Waals surface area contributed by atoms with Crippen molar-refractivity contribution >= 4 is 25.0 Å². The van der Waals surface area contributed by atoms with Crippen LogP contribution in [0.15, 0.2) is 42.5 Å². The lowest BCUT2D eigenvalue weighted by Crippen LogP contribution is -2.42. The van der Waals surface area contributed by atoms with Gasteiger partial charge in [0.15, 0.2) is 0 Å². The van der Waals surface area contributed by atoms with Crippen LogP contribution < -0.4 is 0 Å². The van der Waals surface area contributed by atoms with Crippen LogP contribution in [0.4, 0.5) is 0 Å². The van der Waals surface area contributed by atoms with Crippen molar-refractivity contribution in [2.24, 2.45) is 0 Å². The van der Waals surface area contributed by atoms with Gasteiger partial charge in [0.2, 0.25) is 0 Å². The topological polar surface area (TPSA) is 82.1 Å². The van der Waals surface area contributed by atoms with E-state index in [0.29, 0.717) is 12.0 Å². The highest BCUT2D eigenvalue weighted by Gasteiger charge is 2.30. The van der Waals surface area contributed by atoms with Crippen molar-refractivity contribution in [3.05, 3.63) is 48.0 Å². The largest absolute Gasteiger partial charge is 0.602 e. The molecule has 1 saturated heterocycles. The van der Waals surface area contributed by atoms with Gasteiger partial charge in [-0.3, -0.25) is 14.5 Å². The summed E-state index contributed by atoms with van der Waals surface area (Å²) in [4.78, 5) is 36.4. The molecule has 1 aliphatic rings. The molecule has 0 unspecified atom stereocenters. The number of nitrogens with zero attached hydrogens (tertiary/aromatic N) is 1. The third kappa shape index (κ3) is 6.80. The number of benzene rings is 1. The maximum atomic E-state index is 11.7. The summed E-state index contributed by atoms with van der Waals surface area (Å²) in [5, 5.41) is 0. The molecule has 2 rings (SSSR count). The molecule has 132 valence electrons. The second kappa shape index (κ2) is 9.63. The van der Waals surface area contributed by atoms with E-state index in [1.165, 1.54) is 4.90 Å². The highest BCUT2D eigenvalue weighted by Crippen LogP contribution is 2.06. The monoisotopic (exact) mass is 345 g/mol. The van der Waals surface area contributed by atoms with E-state index in [9.17, 15) is 14.4 Å². The van der Waals surface area contributed by atoms with Gasteiger partial charge in [0.05, 0.1) is 25.3 Å². The van der Waals surface area contributed by atoms with Crippen molar-refractivity contribution < 1.29 is 28.4 Å². The van der Waals surface area contributed by atoms with Crippen molar-refractivity contribution in [3.8, 4) is 0 Å². The standard InChI is InChI=1S/C17H20BNO6/c1-19-12-15(20)24-18(25-16(21)13-19)10-6-3-7-11-23-17(22)14-8-4-2-5-9-14/h2-6,8-9H,7,10-13H2,1H3/b6-3+. The number of hydrogen-bond donors (Lipinski definition) is 0. The Morgan fingerprint density at radius 1 is 1.16 bits per heavy atom. The predicted molar refractivity (Wildman–Crippen MR) is 90.7 cm³/mol. The van der Waals surface area contributed by atoms with E-state index in [4.69, 9.17) is 14.0 Å². The number of carbonyl (C=O) groups is 3. The maximum absolute atomic E-state index is 11.7. The molecule has 0 saturated carbocycles. The number of likely N-dealkylation sites (N-methyl/N-ethyl adjacent to an activating group) is 1. The summed E-state index contributed by atoms with van der Waals surface area (Å²) in [5.41, 5.74) is 0.504. The average Bonchev–Trinajstić information content (AvgIpc) is 2.56. The minimum Gasteiger partial charge on any atom is -0.498 e. The lowest BCUT2D eigenvalue weighted by atomic mass is 9.84. The zero-order valence-corrected chi connectivity index (χ0v) is 14.1. The quantitative estimate of drug-likeness (QED) is 0.333. The van der Waals surface area contributed by atoms with Crippen LogP contribution in [0.1, 0.15) is 16.8 Å². The molecule has 0 bridgehead atoms. The lowest BCUT2D eigenvalue weighted by Gasteiger charge is -2.21. The second-order valence-electron chi connectivity index (χ2n) is 5.58. The molecule has 1 aromatic rings. The number of allylic oxidation sites excluding steroid dienone is 1. The number of hydrogen-bond acceptors (Lipinski definition) is 7. The molecule has 1 heterocycles. The minimum atomic E-state index is -0.920. The van der Waals surface area contributed by atoms with E-state index in [-0.39, 0.29) is 32.0 Å². The molecule has 0 spiro atoms. The summed E-state index contributed by atoms with van der Waals surface area (Å²) in [7, 11) is 0.719. The van der Waals surface area contributed by atoms with Gasteiger partial charge in [-0.1, -0.05) is 30.4 Å². The molecule has 1 aliphatic heterocycles. The fourth-order valence-electron chi connectivity index (χ4n) is 2.19. The molecule has 25 heavy (non-hydrogen) atoms. The molecule has 0 N–H and O–H groups in total. The summed E-state index contributed by atoms with van der Waals surface area (Å²) in [6.45, 7) is 0.328. The lowest BCUT2D eigenvalue weighted by molar-refractivity contribution is -0.145. The third-order valence-electron chi connectivity index (χ3n) is 3.35. The van der Waals surface area contributed by atoms with Gasteiger partial charge in [0.1, 0.15) is 0 Å². The van der Waals surface area contributed by atoms with E-state index < -0.39 is 19.1 Å². The van der Waals surface area contributed by atoms with Crippen LogP contribution in [0.2, 0.25) is 6.32 Å². The van der Waals surface area contributed by atoms with Crippen molar-refractivity contribution in [3.63, 3.8) is 0 Å². The van der Waals surface area contributed by atoms with E-state index in [0.717, 1.165) is 0 Å². The summed E-state index contributed by atoms with van der Waals surface area (Å²) < 4.78 is 15.3. The molecule has 0 aromatic heterocycles. The Bertz CT molecular complexity index is 613. The first-order chi connectivity index (χ1) is 12.0. The van der Waals surface area contributed by atoms with Crippen LogP contribution in [0.25, 0.3) is 0 Å². The Hall–Kier alpha value is -2.61. The Kier molecular flexibility index (Phi) is 7.22. The predicted octanol–water partition coefficient (Wildman–Crippen LogP) is 1.31. The van der Waals surface area contributed by atoms with Gasteiger partial charge in [-0.2, -0.15) is 0 Å². The Balaban J connectivity index is 1.69. The van der Waals surface area contributed by atoms with Gasteiger partial charge in [0, 0.05) is 6.32 Å². The maximum Gasteiger partial charge on any atom is 0.602 e. The molecule has 1 fully saturated rings. The number of esters is 1. The molecule has 0 atom stereocenters. The molecule has 8 heteroatoms. The smallest absolute Gasteiger partial charge is 0.498 e. The van der Waals surface area contributed by atoms with Gasteiger partial charge in [-0.15, -0.1) is 0 Å². The van der Waals surface area contributed by atoms with Crippen molar-refractivity contribution in [1.29, 1.82) is 0 Å². The summed E-state index contributed by atoms with van der Waals surface area (Å²) in [5.74, 6) is -1.25. The number of rotatable bonds is 6. The first-order valence-corrected chi connectivity index (χ1v) is 7.99. The van der Waals surface area contributed by atoms with E-state index in [1.54, 1.807) is 43.5 Å². The van der Waals surface area contributed by atoms with Crippen LogP contribution >= 0.6 is 0 Å². The average molecular weight is 345 g/mol. The van der Waals surface area contributed by atoms with Crippen molar-refractivity contribution in [2.75, 3.05) is 26.7 Å². The van der Waals surface area contributed by atoms with Crippen molar-refractivity contribution in [1.82, 2.24) is 4.90 Å². The van der Waals surface area contributed by atoms with Crippen LogP contribution in [-0.2, 0) is 23.6 Å². The SMILES string of the molecule is CN1CC(=O)OB(C/C=C/CCOC(=O)c2ccccc2)OC(=O)C1. The molecule has 7 nitrogen and oxygen atoms in total. The summed E-state index contributed by atoms with van der Waals surface area (Å²) in [6, 6.07) is 8.74. The highest BCUT2D eigenvalue weighted by molar-refractivity contribution is 6.49.